The predicted octanol–water partition coefficient (Wildman–Crippen LogP) is 10.8. The van der Waals surface area contributed by atoms with Crippen molar-refractivity contribution in [3.63, 3.8) is 0 Å². The van der Waals surface area contributed by atoms with Crippen LogP contribution >= 0.6 is 7.60 Å². The van der Waals surface area contributed by atoms with E-state index in [0.717, 1.165) is 32.1 Å². The zero-order valence-electron chi connectivity index (χ0n) is 26.1. The lowest BCUT2D eigenvalue weighted by Gasteiger charge is -2.33. The van der Waals surface area contributed by atoms with Gasteiger partial charge in [-0.05, 0) is 79.0 Å². The maximum absolute atomic E-state index is 14.4. The topological polar surface area (TPSA) is 35.5 Å². The summed E-state index contributed by atoms with van der Waals surface area (Å²) >= 11 is 0. The van der Waals surface area contributed by atoms with Crippen LogP contribution in [-0.2, 0) is 19.9 Å². The molecule has 0 saturated heterocycles. The normalized spacial score (nSPS) is 16.5. The van der Waals surface area contributed by atoms with Crippen molar-refractivity contribution in [3.8, 4) is 5.75 Å². The SMILES string of the molecule is CCCCC(C)(CC)OP(=O)(Oc1ccc(C(C)(C)c2ccc(C(C)(CC)CCC)cc2)cc1)c1ccccc1. The highest BCUT2D eigenvalue weighted by Crippen LogP contribution is 2.52. The second-order valence-corrected chi connectivity index (χ2v) is 14.2. The Hall–Kier alpha value is -2.35. The van der Waals surface area contributed by atoms with Crippen LogP contribution in [0.25, 0.3) is 0 Å². The van der Waals surface area contributed by atoms with Gasteiger partial charge in [-0.1, -0.05) is 122 Å². The quantitative estimate of drug-likeness (QED) is 0.173. The van der Waals surface area contributed by atoms with Crippen LogP contribution in [0.1, 0.15) is 117 Å². The van der Waals surface area contributed by atoms with E-state index in [4.69, 9.17) is 9.05 Å². The second-order valence-electron chi connectivity index (χ2n) is 12.3. The first-order valence-corrected chi connectivity index (χ1v) is 16.8. The molecular formula is C36H51O3P. The highest BCUT2D eigenvalue weighted by molar-refractivity contribution is 7.62. The maximum atomic E-state index is 14.4. The van der Waals surface area contributed by atoms with Crippen molar-refractivity contribution in [1.82, 2.24) is 0 Å². The number of hydrogen-bond acceptors (Lipinski definition) is 3. The molecule has 0 saturated carbocycles. The maximum Gasteiger partial charge on any atom is 0.411 e. The molecular weight excluding hydrogens is 511 g/mol. The van der Waals surface area contributed by atoms with Crippen LogP contribution < -0.4 is 9.83 Å². The van der Waals surface area contributed by atoms with E-state index in [0.29, 0.717) is 11.1 Å². The molecule has 3 rings (SSSR count). The van der Waals surface area contributed by atoms with Gasteiger partial charge in [0.05, 0.1) is 10.9 Å². The molecule has 0 heterocycles. The third-order valence-corrected chi connectivity index (χ3v) is 11.0. The van der Waals surface area contributed by atoms with Gasteiger partial charge in [0.15, 0.2) is 0 Å². The third-order valence-electron chi connectivity index (χ3n) is 8.91. The van der Waals surface area contributed by atoms with Crippen molar-refractivity contribution in [3.05, 3.63) is 95.6 Å². The number of hydrogen-bond donors (Lipinski definition) is 0. The first-order valence-electron chi connectivity index (χ1n) is 15.2. The fraction of sp³-hybridized carbons (Fsp3) is 0.500. The standard InChI is InChI=1S/C36H51O3P/c1-9-13-28-36(8,12-4)39-40(37,33-17-15-14-16-18-33)38-32-25-23-30(24-26-32)34(5,6)29-19-21-31(22-20-29)35(7,11-3)27-10-2/h14-26H,9-13,27-28H2,1-8H3. The van der Waals surface area contributed by atoms with Gasteiger partial charge in [0.25, 0.3) is 0 Å². The molecule has 218 valence electrons. The zero-order valence-corrected chi connectivity index (χ0v) is 27.0. The zero-order chi connectivity index (χ0) is 29.4. The van der Waals surface area contributed by atoms with Gasteiger partial charge in [0, 0.05) is 5.41 Å². The van der Waals surface area contributed by atoms with Crippen molar-refractivity contribution >= 4 is 12.9 Å². The summed E-state index contributed by atoms with van der Waals surface area (Å²) in [6.45, 7) is 17.7. The van der Waals surface area contributed by atoms with Crippen LogP contribution in [-0.4, -0.2) is 5.60 Å². The van der Waals surface area contributed by atoms with E-state index in [9.17, 15) is 4.57 Å². The molecule has 0 amide bonds. The Morgan fingerprint density at radius 2 is 1.20 bits per heavy atom. The summed E-state index contributed by atoms with van der Waals surface area (Å²) < 4.78 is 27.1. The van der Waals surface area contributed by atoms with Crippen LogP contribution in [0.15, 0.2) is 78.9 Å². The fourth-order valence-corrected chi connectivity index (χ4v) is 7.45. The number of unbranched alkanes of at least 4 members (excludes halogenated alkanes) is 1. The van der Waals surface area contributed by atoms with Gasteiger partial charge in [-0.3, -0.25) is 4.52 Å². The molecule has 3 unspecified atom stereocenters. The highest BCUT2D eigenvalue weighted by atomic mass is 31.2. The van der Waals surface area contributed by atoms with E-state index < -0.39 is 13.2 Å². The molecule has 0 fully saturated rings. The minimum Gasteiger partial charge on any atom is -0.421 e. The van der Waals surface area contributed by atoms with E-state index in [2.05, 4.69) is 84.9 Å². The molecule has 0 aromatic heterocycles. The van der Waals surface area contributed by atoms with E-state index >= 15 is 0 Å². The summed E-state index contributed by atoms with van der Waals surface area (Å²) in [6, 6.07) is 26.6. The first kappa shape index (κ1) is 32.2. The molecule has 40 heavy (non-hydrogen) atoms. The van der Waals surface area contributed by atoms with Gasteiger partial charge in [-0.2, -0.15) is 0 Å². The van der Waals surface area contributed by atoms with Gasteiger partial charge in [0.2, 0.25) is 0 Å². The van der Waals surface area contributed by atoms with Gasteiger partial charge in [-0.25, -0.2) is 4.57 Å². The Balaban J connectivity index is 1.87. The molecule has 0 bridgehead atoms. The summed E-state index contributed by atoms with van der Waals surface area (Å²) in [5, 5.41) is 0.581. The van der Waals surface area contributed by atoms with Crippen molar-refractivity contribution in [1.29, 1.82) is 0 Å². The Morgan fingerprint density at radius 1 is 0.650 bits per heavy atom. The molecule has 3 atom stereocenters. The summed E-state index contributed by atoms with van der Waals surface area (Å²) in [7, 11) is -3.62. The third kappa shape index (κ3) is 7.48. The molecule has 3 nitrogen and oxygen atoms in total. The lowest BCUT2D eigenvalue weighted by molar-refractivity contribution is 0.0647. The van der Waals surface area contributed by atoms with Gasteiger partial charge < -0.3 is 4.52 Å². The average molecular weight is 563 g/mol. The summed E-state index contributed by atoms with van der Waals surface area (Å²) in [6.07, 6.45) is 7.19. The Morgan fingerprint density at radius 3 is 1.70 bits per heavy atom. The van der Waals surface area contributed by atoms with E-state index in [1.54, 1.807) is 0 Å². The number of benzene rings is 3. The van der Waals surface area contributed by atoms with Crippen molar-refractivity contribution in [2.24, 2.45) is 0 Å². The van der Waals surface area contributed by atoms with Crippen molar-refractivity contribution in [2.45, 2.75) is 117 Å². The summed E-state index contributed by atoms with van der Waals surface area (Å²) in [5.41, 5.74) is 3.36. The minimum absolute atomic E-state index is 0.189. The van der Waals surface area contributed by atoms with Gasteiger partial charge >= 0.3 is 7.60 Å². The van der Waals surface area contributed by atoms with E-state index in [1.807, 2.05) is 49.4 Å². The van der Waals surface area contributed by atoms with E-state index in [-0.39, 0.29) is 10.8 Å². The molecule has 3 aromatic rings. The predicted molar refractivity (Wildman–Crippen MR) is 171 cm³/mol. The molecule has 3 aromatic carbocycles. The van der Waals surface area contributed by atoms with Crippen LogP contribution in [0.3, 0.4) is 0 Å². The molecule has 0 N–H and O–H groups in total. The smallest absolute Gasteiger partial charge is 0.411 e. The van der Waals surface area contributed by atoms with Crippen molar-refractivity contribution < 1.29 is 13.6 Å². The van der Waals surface area contributed by atoms with Gasteiger partial charge in [0.1, 0.15) is 5.75 Å². The van der Waals surface area contributed by atoms with Crippen LogP contribution in [0.5, 0.6) is 5.75 Å². The van der Waals surface area contributed by atoms with Gasteiger partial charge in [-0.15, -0.1) is 0 Å². The van der Waals surface area contributed by atoms with E-state index in [1.165, 1.54) is 29.5 Å². The fourth-order valence-electron chi connectivity index (χ4n) is 5.47. The Kier molecular flexibility index (Phi) is 10.9. The molecule has 0 spiro atoms. The van der Waals surface area contributed by atoms with Crippen LogP contribution in [0.4, 0.5) is 0 Å². The van der Waals surface area contributed by atoms with Crippen LogP contribution in [0.2, 0.25) is 0 Å². The Labute approximate surface area is 244 Å². The lowest BCUT2D eigenvalue weighted by atomic mass is 9.74. The first-order chi connectivity index (χ1) is 18.9. The summed E-state index contributed by atoms with van der Waals surface area (Å²) in [4.78, 5) is 0. The average Bonchev–Trinajstić information content (AvgIpc) is 2.97. The molecule has 0 aliphatic heterocycles. The molecule has 4 heteroatoms. The minimum atomic E-state index is -3.62. The number of rotatable bonds is 15. The largest absolute Gasteiger partial charge is 0.421 e. The molecule has 0 aliphatic rings. The van der Waals surface area contributed by atoms with Crippen LogP contribution in [0, 0.1) is 0 Å². The monoisotopic (exact) mass is 562 g/mol. The Bertz CT molecular complexity index is 1230. The second kappa shape index (κ2) is 13.5. The van der Waals surface area contributed by atoms with Crippen molar-refractivity contribution in [2.75, 3.05) is 0 Å². The highest BCUT2D eigenvalue weighted by Gasteiger charge is 2.38. The summed E-state index contributed by atoms with van der Waals surface area (Å²) in [5.74, 6) is 0.550. The molecule has 0 radical (unpaired) electrons. The molecule has 0 aliphatic carbocycles. The lowest BCUT2D eigenvalue weighted by Crippen LogP contribution is -2.30.